The highest BCUT2D eigenvalue weighted by Crippen LogP contribution is 2.31. The molecule has 0 unspecified atom stereocenters. The third-order valence-corrected chi connectivity index (χ3v) is 6.06. The smallest absolute Gasteiger partial charge is 0.243 e. The quantitative estimate of drug-likeness (QED) is 0.829. The summed E-state index contributed by atoms with van der Waals surface area (Å²) in [5.41, 5.74) is 0. The van der Waals surface area contributed by atoms with Gasteiger partial charge in [0.2, 0.25) is 15.9 Å². The molecule has 1 aromatic carbocycles. The molecular weight excluding hydrogens is 332 g/mol. The predicted molar refractivity (Wildman–Crippen MR) is 89.7 cm³/mol. The highest BCUT2D eigenvalue weighted by atomic mass is 32.2. The lowest BCUT2D eigenvalue weighted by Crippen LogP contribution is -2.42. The molecule has 1 amide bonds. The third-order valence-electron chi connectivity index (χ3n) is 4.17. The lowest BCUT2D eigenvalue weighted by atomic mass is 9.97. The monoisotopic (exact) mass is 356 g/mol. The molecule has 0 spiro atoms. The minimum Gasteiger partial charge on any atom is -0.493 e. The molecule has 8 heteroatoms. The van der Waals surface area contributed by atoms with Crippen molar-refractivity contribution in [1.82, 2.24) is 9.62 Å². The molecule has 0 aliphatic carbocycles. The Morgan fingerprint density at radius 1 is 1.21 bits per heavy atom. The summed E-state index contributed by atoms with van der Waals surface area (Å²) in [4.78, 5) is 12.0. The van der Waals surface area contributed by atoms with Crippen molar-refractivity contribution < 1.29 is 22.7 Å². The van der Waals surface area contributed by atoms with Gasteiger partial charge in [0.1, 0.15) is 0 Å². The predicted octanol–water partition coefficient (Wildman–Crippen LogP) is 1.24. The van der Waals surface area contributed by atoms with Crippen LogP contribution < -0.4 is 14.8 Å². The zero-order valence-electron chi connectivity index (χ0n) is 14.2. The van der Waals surface area contributed by atoms with Gasteiger partial charge in [-0.2, -0.15) is 4.31 Å². The lowest BCUT2D eigenvalue weighted by molar-refractivity contribution is -0.126. The first-order chi connectivity index (χ1) is 11.4. The third kappa shape index (κ3) is 3.81. The van der Waals surface area contributed by atoms with Gasteiger partial charge in [0.15, 0.2) is 11.5 Å². The lowest BCUT2D eigenvalue weighted by Gasteiger charge is -2.30. The maximum Gasteiger partial charge on any atom is 0.243 e. The summed E-state index contributed by atoms with van der Waals surface area (Å²) in [6.45, 7) is 3.12. The Bertz CT molecular complexity index is 682. The molecule has 0 saturated carbocycles. The molecule has 24 heavy (non-hydrogen) atoms. The number of carbonyl (C=O) groups excluding carboxylic acids is 1. The van der Waals surface area contributed by atoms with E-state index in [9.17, 15) is 13.2 Å². The van der Waals surface area contributed by atoms with Gasteiger partial charge in [0.25, 0.3) is 0 Å². The van der Waals surface area contributed by atoms with Crippen LogP contribution in [-0.4, -0.2) is 52.5 Å². The molecule has 7 nitrogen and oxygen atoms in total. The summed E-state index contributed by atoms with van der Waals surface area (Å²) in [5.74, 6) is 0.727. The minimum atomic E-state index is -3.61. The van der Waals surface area contributed by atoms with E-state index in [1.165, 1.54) is 30.7 Å². The molecule has 1 N–H and O–H groups in total. The second-order valence-electron chi connectivity index (χ2n) is 5.59. The summed E-state index contributed by atoms with van der Waals surface area (Å²) >= 11 is 0. The molecule has 1 aromatic rings. The van der Waals surface area contributed by atoms with Gasteiger partial charge in [-0.1, -0.05) is 0 Å². The fourth-order valence-electron chi connectivity index (χ4n) is 2.80. The van der Waals surface area contributed by atoms with Crippen molar-refractivity contribution in [3.8, 4) is 11.5 Å². The number of sulfonamides is 1. The van der Waals surface area contributed by atoms with Crippen LogP contribution in [0.3, 0.4) is 0 Å². The molecule has 0 radical (unpaired) electrons. The van der Waals surface area contributed by atoms with Crippen LogP contribution in [0.5, 0.6) is 11.5 Å². The van der Waals surface area contributed by atoms with Crippen LogP contribution in [0.1, 0.15) is 19.8 Å². The van der Waals surface area contributed by atoms with Crippen molar-refractivity contribution in [2.75, 3.05) is 33.9 Å². The van der Waals surface area contributed by atoms with E-state index in [1.54, 1.807) is 6.07 Å². The van der Waals surface area contributed by atoms with E-state index in [2.05, 4.69) is 5.32 Å². The molecule has 0 aromatic heterocycles. The molecule has 1 fully saturated rings. The maximum absolute atomic E-state index is 12.8. The number of nitrogens with one attached hydrogen (secondary N) is 1. The van der Waals surface area contributed by atoms with Crippen molar-refractivity contribution >= 4 is 15.9 Å². The number of nitrogens with zero attached hydrogens (tertiary/aromatic N) is 1. The standard InChI is InChI=1S/C16H24N2O5S/c1-4-17-16(19)12-7-9-18(10-8-12)24(20,21)13-5-6-14(22-2)15(11-13)23-3/h5-6,11-12H,4,7-10H2,1-3H3,(H,17,19). The van der Waals surface area contributed by atoms with Crippen LogP contribution in [-0.2, 0) is 14.8 Å². The topological polar surface area (TPSA) is 84.9 Å². The average Bonchev–Trinajstić information content (AvgIpc) is 2.61. The van der Waals surface area contributed by atoms with Gasteiger partial charge in [-0.25, -0.2) is 8.42 Å². The van der Waals surface area contributed by atoms with Crippen molar-refractivity contribution in [3.05, 3.63) is 18.2 Å². The molecule has 1 saturated heterocycles. The van der Waals surface area contributed by atoms with Crippen molar-refractivity contribution in [2.45, 2.75) is 24.7 Å². The SMILES string of the molecule is CCNC(=O)C1CCN(S(=O)(=O)c2ccc(OC)c(OC)c2)CC1. The Hall–Kier alpha value is -1.80. The summed E-state index contributed by atoms with van der Waals surface area (Å²) in [5, 5.41) is 2.79. The van der Waals surface area contributed by atoms with Gasteiger partial charge in [0, 0.05) is 31.6 Å². The summed E-state index contributed by atoms with van der Waals surface area (Å²) < 4.78 is 37.3. The summed E-state index contributed by atoms with van der Waals surface area (Å²) in [7, 11) is -0.652. The first-order valence-corrected chi connectivity index (χ1v) is 9.38. The van der Waals surface area contributed by atoms with Gasteiger partial charge in [-0.15, -0.1) is 0 Å². The second-order valence-corrected chi connectivity index (χ2v) is 7.53. The Morgan fingerprint density at radius 3 is 2.38 bits per heavy atom. The molecule has 1 aliphatic heterocycles. The largest absolute Gasteiger partial charge is 0.493 e. The zero-order chi connectivity index (χ0) is 17.7. The van der Waals surface area contributed by atoms with E-state index in [0.29, 0.717) is 44.0 Å². The van der Waals surface area contributed by atoms with E-state index in [-0.39, 0.29) is 16.7 Å². The zero-order valence-corrected chi connectivity index (χ0v) is 15.1. The van der Waals surface area contributed by atoms with Crippen molar-refractivity contribution in [1.29, 1.82) is 0 Å². The number of methoxy groups -OCH3 is 2. The van der Waals surface area contributed by atoms with Crippen LogP contribution in [0.25, 0.3) is 0 Å². The number of hydrogen-bond acceptors (Lipinski definition) is 5. The van der Waals surface area contributed by atoms with E-state index >= 15 is 0 Å². The van der Waals surface area contributed by atoms with Crippen LogP contribution in [0, 0.1) is 5.92 Å². The van der Waals surface area contributed by atoms with E-state index in [0.717, 1.165) is 0 Å². The number of amides is 1. The fraction of sp³-hybridized carbons (Fsp3) is 0.562. The molecule has 1 heterocycles. The fourth-order valence-corrected chi connectivity index (χ4v) is 4.29. The van der Waals surface area contributed by atoms with Gasteiger partial charge >= 0.3 is 0 Å². The molecule has 0 atom stereocenters. The second kappa shape index (κ2) is 7.85. The Morgan fingerprint density at radius 2 is 1.83 bits per heavy atom. The molecule has 134 valence electrons. The van der Waals surface area contributed by atoms with Gasteiger partial charge < -0.3 is 14.8 Å². The van der Waals surface area contributed by atoms with E-state index < -0.39 is 10.0 Å². The first kappa shape index (κ1) is 18.5. The van der Waals surface area contributed by atoms with E-state index in [4.69, 9.17) is 9.47 Å². The number of carbonyl (C=O) groups is 1. The Balaban J connectivity index is 2.13. The number of ether oxygens (including phenoxy) is 2. The number of hydrogen-bond donors (Lipinski definition) is 1. The van der Waals surface area contributed by atoms with Crippen LogP contribution in [0.15, 0.2) is 23.1 Å². The highest BCUT2D eigenvalue weighted by Gasteiger charge is 2.32. The van der Waals surface area contributed by atoms with E-state index in [1.807, 2.05) is 6.92 Å². The molecule has 1 aliphatic rings. The number of rotatable bonds is 6. The normalized spacial score (nSPS) is 16.6. The van der Waals surface area contributed by atoms with Crippen molar-refractivity contribution in [2.24, 2.45) is 5.92 Å². The number of benzene rings is 1. The van der Waals surface area contributed by atoms with Crippen LogP contribution in [0.2, 0.25) is 0 Å². The van der Waals surface area contributed by atoms with Gasteiger partial charge in [-0.05, 0) is 31.9 Å². The van der Waals surface area contributed by atoms with Gasteiger partial charge in [0.05, 0.1) is 19.1 Å². The van der Waals surface area contributed by atoms with Crippen LogP contribution >= 0.6 is 0 Å². The Kier molecular flexibility index (Phi) is 6.06. The molecule has 0 bridgehead atoms. The number of piperidine rings is 1. The first-order valence-electron chi connectivity index (χ1n) is 7.94. The summed E-state index contributed by atoms with van der Waals surface area (Å²) in [6, 6.07) is 4.55. The minimum absolute atomic E-state index is 0.000615. The molecular formula is C16H24N2O5S. The van der Waals surface area contributed by atoms with Crippen molar-refractivity contribution in [3.63, 3.8) is 0 Å². The maximum atomic E-state index is 12.8. The molecule has 2 rings (SSSR count). The van der Waals surface area contributed by atoms with Crippen LogP contribution in [0.4, 0.5) is 0 Å². The highest BCUT2D eigenvalue weighted by molar-refractivity contribution is 7.89. The summed E-state index contributed by atoms with van der Waals surface area (Å²) in [6.07, 6.45) is 1.05. The van der Waals surface area contributed by atoms with Gasteiger partial charge in [-0.3, -0.25) is 4.79 Å². The average molecular weight is 356 g/mol. The Labute approximate surface area is 143 Å².